The van der Waals surface area contributed by atoms with Gasteiger partial charge < -0.3 is 14.7 Å². The van der Waals surface area contributed by atoms with E-state index in [0.29, 0.717) is 37.7 Å². The Morgan fingerprint density at radius 3 is 2.27 bits per heavy atom. The molecular weight excluding hydrogens is 438 g/mol. The van der Waals surface area contributed by atoms with Crippen molar-refractivity contribution < 1.29 is 9.59 Å². The van der Waals surface area contributed by atoms with Gasteiger partial charge in [0.1, 0.15) is 0 Å². The van der Waals surface area contributed by atoms with Crippen LogP contribution in [-0.2, 0) is 9.59 Å². The molecule has 0 aliphatic carbocycles. The van der Waals surface area contributed by atoms with Gasteiger partial charge in [0.25, 0.3) is 0 Å². The van der Waals surface area contributed by atoms with Crippen LogP contribution in [0.2, 0.25) is 5.02 Å². The van der Waals surface area contributed by atoms with E-state index in [1.807, 2.05) is 59.5 Å². The summed E-state index contributed by atoms with van der Waals surface area (Å²) in [4.78, 5) is 31.3. The average molecular weight is 462 g/mol. The maximum atomic E-state index is 13.1. The number of nitrogens with zero attached hydrogens (tertiary/aromatic N) is 5. The highest BCUT2D eigenvalue weighted by Crippen LogP contribution is 2.28. The second-order valence-electron chi connectivity index (χ2n) is 8.34. The number of benzene rings is 2. The minimum Gasteiger partial charge on any atom is -0.352 e. The summed E-state index contributed by atoms with van der Waals surface area (Å²) in [5.41, 5.74) is 2.65. The van der Waals surface area contributed by atoms with Crippen molar-refractivity contribution >= 4 is 34.9 Å². The molecule has 168 valence electrons. The fraction of sp³-hybridized carbons (Fsp3) is 0.280. The van der Waals surface area contributed by atoms with Crippen LogP contribution in [0.3, 0.4) is 0 Å². The summed E-state index contributed by atoms with van der Waals surface area (Å²) in [6, 6.07) is 21.1. The van der Waals surface area contributed by atoms with E-state index in [9.17, 15) is 9.59 Å². The molecule has 2 saturated heterocycles. The Balaban J connectivity index is 1.18. The lowest BCUT2D eigenvalue weighted by atomic mass is 10.1. The van der Waals surface area contributed by atoms with Crippen molar-refractivity contribution in [2.45, 2.75) is 6.42 Å². The van der Waals surface area contributed by atoms with Gasteiger partial charge in [-0.2, -0.15) is 0 Å². The van der Waals surface area contributed by atoms with Crippen LogP contribution in [0, 0.1) is 5.92 Å². The van der Waals surface area contributed by atoms with Gasteiger partial charge in [-0.25, -0.2) is 0 Å². The number of hydrogen-bond acceptors (Lipinski definition) is 5. The van der Waals surface area contributed by atoms with E-state index in [4.69, 9.17) is 11.6 Å². The highest BCUT2D eigenvalue weighted by Gasteiger charge is 2.38. The molecule has 0 bridgehead atoms. The maximum absolute atomic E-state index is 13.1. The monoisotopic (exact) mass is 461 g/mol. The normalized spacial score (nSPS) is 18.6. The largest absolute Gasteiger partial charge is 0.352 e. The number of piperazine rings is 1. The van der Waals surface area contributed by atoms with Gasteiger partial charge in [0.05, 0.1) is 11.6 Å². The quantitative estimate of drug-likeness (QED) is 0.594. The fourth-order valence-electron chi connectivity index (χ4n) is 4.41. The van der Waals surface area contributed by atoms with Gasteiger partial charge in [-0.3, -0.25) is 9.59 Å². The van der Waals surface area contributed by atoms with Crippen molar-refractivity contribution in [1.29, 1.82) is 0 Å². The molecule has 3 aromatic rings. The van der Waals surface area contributed by atoms with Crippen LogP contribution >= 0.6 is 11.6 Å². The molecule has 2 amide bonds. The summed E-state index contributed by atoms with van der Waals surface area (Å²) >= 11 is 5.95. The molecule has 33 heavy (non-hydrogen) atoms. The number of carbonyl (C=O) groups is 2. The van der Waals surface area contributed by atoms with Gasteiger partial charge in [0, 0.05) is 55.4 Å². The lowest BCUT2D eigenvalue weighted by Crippen LogP contribution is -2.51. The molecule has 3 heterocycles. The Morgan fingerprint density at radius 2 is 1.61 bits per heavy atom. The van der Waals surface area contributed by atoms with Crippen molar-refractivity contribution in [1.82, 2.24) is 15.1 Å². The third kappa shape index (κ3) is 4.54. The van der Waals surface area contributed by atoms with Crippen LogP contribution in [-0.4, -0.2) is 59.6 Å². The van der Waals surface area contributed by atoms with Crippen molar-refractivity contribution in [2.24, 2.45) is 5.92 Å². The van der Waals surface area contributed by atoms with E-state index in [1.165, 1.54) is 0 Å². The topological polar surface area (TPSA) is 69.6 Å². The summed E-state index contributed by atoms with van der Waals surface area (Å²) < 4.78 is 0. The molecule has 0 radical (unpaired) electrons. The molecule has 2 fully saturated rings. The SMILES string of the molecule is O=C(C1CC(=O)N(c2ccc(Cl)cc2)C1)N1CCN(c2ccc(-c3ccccc3)nn2)CC1. The van der Waals surface area contributed by atoms with Crippen LogP contribution in [0.25, 0.3) is 11.3 Å². The number of amides is 2. The smallest absolute Gasteiger partial charge is 0.228 e. The fourth-order valence-corrected chi connectivity index (χ4v) is 4.54. The first-order chi connectivity index (χ1) is 16.1. The average Bonchev–Trinajstić information content (AvgIpc) is 3.26. The summed E-state index contributed by atoms with van der Waals surface area (Å²) in [6.07, 6.45) is 0.244. The summed E-state index contributed by atoms with van der Waals surface area (Å²) in [6.45, 7) is 2.99. The van der Waals surface area contributed by atoms with E-state index in [2.05, 4.69) is 15.1 Å². The third-order valence-corrected chi connectivity index (χ3v) is 6.50. The summed E-state index contributed by atoms with van der Waals surface area (Å²) in [5.74, 6) is 0.518. The van der Waals surface area contributed by atoms with Crippen LogP contribution in [0.4, 0.5) is 11.5 Å². The molecule has 0 N–H and O–H groups in total. The maximum Gasteiger partial charge on any atom is 0.228 e. The molecule has 2 aromatic carbocycles. The van der Waals surface area contributed by atoms with E-state index in [0.717, 1.165) is 22.8 Å². The van der Waals surface area contributed by atoms with Gasteiger partial charge in [-0.1, -0.05) is 41.9 Å². The second kappa shape index (κ2) is 9.19. The third-order valence-electron chi connectivity index (χ3n) is 6.25. The highest BCUT2D eigenvalue weighted by molar-refractivity contribution is 6.30. The molecule has 0 spiro atoms. The van der Waals surface area contributed by atoms with Crippen molar-refractivity contribution in [3.05, 3.63) is 71.8 Å². The zero-order valence-electron chi connectivity index (χ0n) is 18.1. The molecule has 7 nitrogen and oxygen atoms in total. The van der Waals surface area contributed by atoms with Crippen LogP contribution in [0.1, 0.15) is 6.42 Å². The predicted octanol–water partition coefficient (Wildman–Crippen LogP) is 3.50. The van der Waals surface area contributed by atoms with Crippen molar-refractivity contribution in [3.63, 3.8) is 0 Å². The minimum absolute atomic E-state index is 0.0249. The molecule has 0 saturated carbocycles. The molecule has 8 heteroatoms. The first kappa shape index (κ1) is 21.4. The summed E-state index contributed by atoms with van der Waals surface area (Å²) in [5, 5.41) is 9.39. The van der Waals surface area contributed by atoms with Gasteiger partial charge >= 0.3 is 0 Å². The van der Waals surface area contributed by atoms with E-state index in [-0.39, 0.29) is 24.2 Å². The Labute approximate surface area is 197 Å². The van der Waals surface area contributed by atoms with Gasteiger partial charge in [-0.05, 0) is 36.4 Å². The number of halogens is 1. The summed E-state index contributed by atoms with van der Waals surface area (Å²) in [7, 11) is 0. The molecule has 2 aliphatic rings. The Kier molecular flexibility index (Phi) is 5.96. The van der Waals surface area contributed by atoms with Gasteiger partial charge in [-0.15, -0.1) is 10.2 Å². The number of hydrogen-bond donors (Lipinski definition) is 0. The van der Waals surface area contributed by atoms with E-state index >= 15 is 0 Å². The Bertz CT molecular complexity index is 1130. The lowest BCUT2D eigenvalue weighted by molar-refractivity contribution is -0.136. The second-order valence-corrected chi connectivity index (χ2v) is 8.77. The van der Waals surface area contributed by atoms with Crippen molar-refractivity contribution in [3.8, 4) is 11.3 Å². The van der Waals surface area contributed by atoms with Crippen LogP contribution in [0.15, 0.2) is 66.7 Å². The van der Waals surface area contributed by atoms with Crippen molar-refractivity contribution in [2.75, 3.05) is 42.5 Å². The standard InChI is InChI=1S/C25H24ClN5O2/c26-20-6-8-21(9-7-20)31-17-19(16-24(31)32)25(33)30-14-12-29(13-15-30)23-11-10-22(27-28-23)18-4-2-1-3-5-18/h1-11,19H,12-17H2. The zero-order chi connectivity index (χ0) is 22.8. The molecule has 1 atom stereocenters. The first-order valence-electron chi connectivity index (χ1n) is 11.1. The van der Waals surface area contributed by atoms with E-state index < -0.39 is 0 Å². The number of aromatic nitrogens is 2. The molecule has 1 aromatic heterocycles. The molecule has 2 aliphatic heterocycles. The van der Waals surface area contributed by atoms with Gasteiger partial charge in [0.15, 0.2) is 5.82 Å². The molecule has 5 rings (SSSR count). The minimum atomic E-state index is -0.315. The predicted molar refractivity (Wildman–Crippen MR) is 128 cm³/mol. The lowest BCUT2D eigenvalue weighted by Gasteiger charge is -2.36. The Morgan fingerprint density at radius 1 is 0.879 bits per heavy atom. The number of anilines is 2. The first-order valence-corrected chi connectivity index (χ1v) is 11.4. The van der Waals surface area contributed by atoms with E-state index in [1.54, 1.807) is 17.0 Å². The Hall–Kier alpha value is -3.45. The molecule has 1 unspecified atom stereocenters. The number of carbonyl (C=O) groups excluding carboxylic acids is 2. The van der Waals surface area contributed by atoms with Crippen LogP contribution < -0.4 is 9.80 Å². The van der Waals surface area contributed by atoms with Gasteiger partial charge in [0.2, 0.25) is 11.8 Å². The van der Waals surface area contributed by atoms with Crippen LogP contribution in [0.5, 0.6) is 0 Å². The molecular formula is C25H24ClN5O2. The number of rotatable bonds is 4. The zero-order valence-corrected chi connectivity index (χ0v) is 18.9. The highest BCUT2D eigenvalue weighted by atomic mass is 35.5.